The summed E-state index contributed by atoms with van der Waals surface area (Å²) in [6.07, 6.45) is 9.03. The van der Waals surface area contributed by atoms with Crippen molar-refractivity contribution in [2.45, 2.75) is 56.7 Å². The molecule has 2 fully saturated rings. The van der Waals surface area contributed by atoms with Crippen LogP contribution in [0.1, 0.15) is 46.0 Å². The van der Waals surface area contributed by atoms with Gasteiger partial charge in [0.2, 0.25) is 0 Å². The molecule has 3 heteroatoms. The Hall–Kier alpha value is 0.270. The van der Waals surface area contributed by atoms with E-state index in [2.05, 4.69) is 25.0 Å². The minimum Gasteiger partial charge on any atom is -0.329 e. The fourth-order valence-corrected chi connectivity index (χ4v) is 4.78. The van der Waals surface area contributed by atoms with Crippen LogP contribution in [-0.2, 0) is 0 Å². The number of hydrogen-bond donors (Lipinski definition) is 1. The van der Waals surface area contributed by atoms with Gasteiger partial charge in [0.05, 0.1) is 0 Å². The highest BCUT2D eigenvalue weighted by atomic mass is 32.2. The van der Waals surface area contributed by atoms with Gasteiger partial charge in [-0.05, 0) is 56.9 Å². The highest BCUT2D eigenvalue weighted by Crippen LogP contribution is 2.42. The number of likely N-dealkylation sites (tertiary alicyclic amines) is 1. The number of piperidine rings is 1. The van der Waals surface area contributed by atoms with Crippen LogP contribution in [0.5, 0.6) is 0 Å². The molecule has 0 spiro atoms. The van der Waals surface area contributed by atoms with Crippen LogP contribution in [0.15, 0.2) is 0 Å². The van der Waals surface area contributed by atoms with E-state index in [1.54, 1.807) is 0 Å². The van der Waals surface area contributed by atoms with Crippen LogP contribution in [0, 0.1) is 11.8 Å². The summed E-state index contributed by atoms with van der Waals surface area (Å²) in [5, 5.41) is 0.882. The first-order valence-corrected chi connectivity index (χ1v) is 8.89. The lowest BCUT2D eigenvalue weighted by Gasteiger charge is -2.53. The van der Waals surface area contributed by atoms with Gasteiger partial charge in [-0.3, -0.25) is 4.90 Å². The molecule has 0 aromatic carbocycles. The highest BCUT2D eigenvalue weighted by Gasteiger charge is 2.44. The summed E-state index contributed by atoms with van der Waals surface area (Å²) in [7, 11) is 0. The molecule has 1 aliphatic heterocycles. The van der Waals surface area contributed by atoms with Gasteiger partial charge in [-0.25, -0.2) is 0 Å². The molecule has 2 N–H and O–H groups in total. The lowest BCUT2D eigenvalue weighted by molar-refractivity contribution is -0.0142. The van der Waals surface area contributed by atoms with Crippen LogP contribution in [0.25, 0.3) is 0 Å². The molecule has 1 saturated carbocycles. The standard InChI is InChI=1S/C15H30N2S/c1-12-4-5-13(2)15(10-12,11-16)17-8-6-14(18-3)7-9-17/h12-14H,4-11,16H2,1-3H3. The van der Waals surface area contributed by atoms with Gasteiger partial charge in [-0.15, -0.1) is 0 Å². The zero-order valence-electron chi connectivity index (χ0n) is 12.3. The first-order chi connectivity index (χ1) is 8.62. The molecule has 3 atom stereocenters. The summed E-state index contributed by atoms with van der Waals surface area (Å²) >= 11 is 2.04. The van der Waals surface area contributed by atoms with Gasteiger partial charge in [0, 0.05) is 17.3 Å². The third kappa shape index (κ3) is 2.73. The van der Waals surface area contributed by atoms with E-state index in [0.29, 0.717) is 5.54 Å². The molecular formula is C15H30N2S. The minimum atomic E-state index is 0.307. The van der Waals surface area contributed by atoms with E-state index in [4.69, 9.17) is 5.73 Å². The molecule has 1 aliphatic carbocycles. The minimum absolute atomic E-state index is 0.307. The maximum Gasteiger partial charge on any atom is 0.0359 e. The zero-order chi connectivity index (χ0) is 13.2. The molecule has 2 rings (SSSR count). The number of rotatable bonds is 3. The molecule has 0 bridgehead atoms. The molecule has 3 unspecified atom stereocenters. The average Bonchev–Trinajstić information content (AvgIpc) is 2.42. The number of hydrogen-bond acceptors (Lipinski definition) is 3. The summed E-state index contributed by atoms with van der Waals surface area (Å²) in [6, 6.07) is 0. The summed E-state index contributed by atoms with van der Waals surface area (Å²) in [6.45, 7) is 8.21. The van der Waals surface area contributed by atoms with E-state index >= 15 is 0 Å². The molecule has 0 aromatic heterocycles. The fraction of sp³-hybridized carbons (Fsp3) is 1.00. The average molecular weight is 270 g/mol. The molecule has 106 valence electrons. The van der Waals surface area contributed by atoms with Crippen molar-refractivity contribution in [2.24, 2.45) is 17.6 Å². The molecule has 18 heavy (non-hydrogen) atoms. The summed E-state index contributed by atoms with van der Waals surface area (Å²) < 4.78 is 0. The van der Waals surface area contributed by atoms with E-state index in [1.165, 1.54) is 45.2 Å². The Balaban J connectivity index is 2.07. The second-order valence-electron chi connectivity index (χ2n) is 6.52. The van der Waals surface area contributed by atoms with E-state index in [1.807, 2.05) is 11.8 Å². The van der Waals surface area contributed by atoms with Crippen molar-refractivity contribution in [3.8, 4) is 0 Å². The number of nitrogens with two attached hydrogens (primary N) is 1. The molecule has 0 radical (unpaired) electrons. The van der Waals surface area contributed by atoms with E-state index in [-0.39, 0.29) is 0 Å². The van der Waals surface area contributed by atoms with Gasteiger partial charge in [-0.2, -0.15) is 11.8 Å². The van der Waals surface area contributed by atoms with Crippen molar-refractivity contribution < 1.29 is 0 Å². The SMILES string of the molecule is CSC1CCN(C2(CN)CC(C)CCC2C)CC1. The van der Waals surface area contributed by atoms with Crippen LogP contribution >= 0.6 is 11.8 Å². The Morgan fingerprint density at radius 3 is 2.39 bits per heavy atom. The topological polar surface area (TPSA) is 29.3 Å². The predicted molar refractivity (Wildman–Crippen MR) is 82.1 cm³/mol. The maximum atomic E-state index is 6.24. The largest absolute Gasteiger partial charge is 0.329 e. The van der Waals surface area contributed by atoms with Crippen molar-refractivity contribution in [1.82, 2.24) is 4.90 Å². The number of nitrogens with zero attached hydrogens (tertiary/aromatic N) is 1. The van der Waals surface area contributed by atoms with Crippen LogP contribution in [0.4, 0.5) is 0 Å². The van der Waals surface area contributed by atoms with E-state index in [0.717, 1.165) is 23.6 Å². The van der Waals surface area contributed by atoms with Crippen LogP contribution in [-0.4, -0.2) is 41.6 Å². The van der Waals surface area contributed by atoms with Gasteiger partial charge in [0.25, 0.3) is 0 Å². The third-order valence-corrected chi connectivity index (χ3v) is 6.61. The normalized spacial score (nSPS) is 40.0. The number of thioether (sulfide) groups is 1. The Morgan fingerprint density at radius 2 is 1.83 bits per heavy atom. The van der Waals surface area contributed by atoms with Crippen molar-refractivity contribution in [1.29, 1.82) is 0 Å². The fourth-order valence-electron chi connectivity index (χ4n) is 4.10. The first kappa shape index (κ1) is 14.7. The molecule has 0 amide bonds. The second kappa shape index (κ2) is 6.15. The van der Waals surface area contributed by atoms with Gasteiger partial charge in [-0.1, -0.05) is 20.3 Å². The first-order valence-electron chi connectivity index (χ1n) is 7.60. The van der Waals surface area contributed by atoms with Crippen LogP contribution < -0.4 is 5.73 Å². The molecular weight excluding hydrogens is 240 g/mol. The predicted octanol–water partition coefficient (Wildman–Crippen LogP) is 2.97. The second-order valence-corrected chi connectivity index (χ2v) is 7.66. The highest BCUT2D eigenvalue weighted by molar-refractivity contribution is 7.99. The monoisotopic (exact) mass is 270 g/mol. The van der Waals surface area contributed by atoms with Gasteiger partial charge >= 0.3 is 0 Å². The van der Waals surface area contributed by atoms with E-state index < -0.39 is 0 Å². The summed E-state index contributed by atoms with van der Waals surface area (Å²) in [4.78, 5) is 2.75. The van der Waals surface area contributed by atoms with Crippen molar-refractivity contribution >= 4 is 11.8 Å². The molecule has 0 aromatic rings. The third-order valence-electron chi connectivity index (χ3n) is 5.47. The quantitative estimate of drug-likeness (QED) is 0.855. The van der Waals surface area contributed by atoms with E-state index in [9.17, 15) is 0 Å². The van der Waals surface area contributed by atoms with Gasteiger partial charge < -0.3 is 5.73 Å². The molecule has 2 nitrogen and oxygen atoms in total. The Kier molecular flexibility index (Phi) is 5.01. The zero-order valence-corrected chi connectivity index (χ0v) is 13.1. The lowest BCUT2D eigenvalue weighted by atomic mass is 9.68. The summed E-state index contributed by atoms with van der Waals surface area (Å²) in [5.74, 6) is 1.62. The summed E-state index contributed by atoms with van der Waals surface area (Å²) in [5.41, 5.74) is 6.55. The maximum absolute atomic E-state index is 6.24. The lowest BCUT2D eigenvalue weighted by Crippen LogP contribution is -2.62. The Labute approximate surface area is 117 Å². The van der Waals surface area contributed by atoms with Crippen molar-refractivity contribution in [3.63, 3.8) is 0 Å². The van der Waals surface area contributed by atoms with Crippen LogP contribution in [0.3, 0.4) is 0 Å². The van der Waals surface area contributed by atoms with Gasteiger partial charge in [0.1, 0.15) is 0 Å². The molecule has 2 aliphatic rings. The van der Waals surface area contributed by atoms with Crippen molar-refractivity contribution in [3.05, 3.63) is 0 Å². The molecule has 1 saturated heterocycles. The Bertz CT molecular complexity index is 263. The van der Waals surface area contributed by atoms with Crippen molar-refractivity contribution in [2.75, 3.05) is 25.9 Å². The van der Waals surface area contributed by atoms with Gasteiger partial charge in [0.15, 0.2) is 0 Å². The van der Waals surface area contributed by atoms with Crippen LogP contribution in [0.2, 0.25) is 0 Å². The Morgan fingerprint density at radius 1 is 1.17 bits per heavy atom. The molecule has 1 heterocycles. The smallest absolute Gasteiger partial charge is 0.0359 e.